The first-order chi connectivity index (χ1) is 33.0. The van der Waals surface area contributed by atoms with E-state index in [0.717, 1.165) is 78.1 Å². The number of hydrogen-bond acceptors (Lipinski definition) is 5. The second-order valence-electron chi connectivity index (χ2n) is 20.1. The van der Waals surface area contributed by atoms with Gasteiger partial charge < -0.3 is 19.0 Å². The van der Waals surface area contributed by atoms with Gasteiger partial charge in [-0.3, -0.25) is 4.57 Å². The van der Waals surface area contributed by atoms with Crippen molar-refractivity contribution in [2.75, 3.05) is 16.5 Å². The Morgan fingerprint density at radius 1 is 0.500 bits per heavy atom. The lowest BCUT2D eigenvalue weighted by molar-refractivity contribution is 0.479. The number of nitrogens with zero attached hydrogens (tertiary/aromatic N) is 4. The summed E-state index contributed by atoms with van der Waals surface area (Å²) in [6.45, 7) is 14.1. The molecule has 0 bridgehead atoms. The molecule has 0 radical (unpaired) electrons. The number of para-hydroxylation sites is 4. The molecule has 6 heteroatoms. The third kappa shape index (κ3) is 6.98. The molecule has 0 amide bonds. The standard InChI is InChI=1S/C62H52N4O2/c1-61(2,3)42-32-33-63-57(36-42)66-54-31-30-50-49-22-13-16-27-56(49)68-60(50)58(54)51-29-28-45(38-55(51)66)67-46-35-43(62(4,5)6)34-44(37-46)64-39-65(53-26-15-14-25-52(53)64)59-47(40-18-9-7-10-19-40)23-17-24-48(59)41-20-11-8-12-21-41/h7-38H,39H2,1-6H3. The molecule has 0 unspecified atom stereocenters. The second-order valence-corrected chi connectivity index (χ2v) is 20.1. The van der Waals surface area contributed by atoms with Crippen molar-refractivity contribution in [1.29, 1.82) is 0 Å². The van der Waals surface area contributed by atoms with E-state index in [1.54, 1.807) is 0 Å². The van der Waals surface area contributed by atoms with Gasteiger partial charge in [-0.2, -0.15) is 0 Å². The fourth-order valence-electron chi connectivity index (χ4n) is 10.1. The third-order valence-electron chi connectivity index (χ3n) is 13.6. The Morgan fingerprint density at radius 2 is 1.15 bits per heavy atom. The Hall–Kier alpha value is -8.09. The first-order valence-electron chi connectivity index (χ1n) is 23.5. The van der Waals surface area contributed by atoms with Crippen LogP contribution in [0.3, 0.4) is 0 Å². The number of ether oxygens (including phenoxy) is 1. The third-order valence-corrected chi connectivity index (χ3v) is 13.6. The summed E-state index contributed by atoms with van der Waals surface area (Å²) in [7, 11) is 0. The Labute approximate surface area is 397 Å². The summed E-state index contributed by atoms with van der Waals surface area (Å²) in [6.07, 6.45) is 1.92. The van der Waals surface area contributed by atoms with Gasteiger partial charge in [0.2, 0.25) is 0 Å². The molecule has 0 atom stereocenters. The predicted molar refractivity (Wildman–Crippen MR) is 283 cm³/mol. The van der Waals surface area contributed by atoms with Crippen molar-refractivity contribution in [2.24, 2.45) is 0 Å². The molecule has 1 aliphatic rings. The molecule has 6 nitrogen and oxygen atoms in total. The van der Waals surface area contributed by atoms with Gasteiger partial charge in [-0.05, 0) is 99.8 Å². The van der Waals surface area contributed by atoms with Crippen molar-refractivity contribution in [3.63, 3.8) is 0 Å². The SMILES string of the molecule is CC(C)(C)c1cc(Oc2ccc3c4c5oc6ccccc6c5ccc4n(-c4cc(C(C)(C)C)ccn4)c3c2)cc(N2CN(c3c(-c4ccccc4)cccc3-c3ccccc3)c3ccccc32)c1. The molecule has 8 aromatic carbocycles. The summed E-state index contributed by atoms with van der Waals surface area (Å²) in [5.74, 6) is 2.36. The molecule has 332 valence electrons. The lowest BCUT2D eigenvalue weighted by atomic mass is 9.86. The van der Waals surface area contributed by atoms with E-state index in [-0.39, 0.29) is 10.8 Å². The van der Waals surface area contributed by atoms with E-state index in [4.69, 9.17) is 14.1 Å². The summed E-state index contributed by atoms with van der Waals surface area (Å²) < 4.78 is 16.0. The molecule has 11 aromatic rings. The smallest absolute Gasteiger partial charge is 0.145 e. The molecule has 0 aliphatic carbocycles. The van der Waals surface area contributed by atoms with Crippen molar-refractivity contribution < 1.29 is 9.15 Å². The minimum Gasteiger partial charge on any atom is -0.457 e. The van der Waals surface area contributed by atoms with Crippen LogP contribution >= 0.6 is 0 Å². The highest BCUT2D eigenvalue weighted by molar-refractivity contribution is 6.24. The molecular formula is C62H52N4O2. The van der Waals surface area contributed by atoms with E-state index in [1.807, 2.05) is 18.3 Å². The van der Waals surface area contributed by atoms with Crippen molar-refractivity contribution in [1.82, 2.24) is 9.55 Å². The molecule has 68 heavy (non-hydrogen) atoms. The first-order valence-corrected chi connectivity index (χ1v) is 23.5. The summed E-state index contributed by atoms with van der Waals surface area (Å²) in [4.78, 5) is 9.92. The fourth-order valence-corrected chi connectivity index (χ4v) is 10.1. The minimum absolute atomic E-state index is 0.0607. The van der Waals surface area contributed by atoms with Crippen LogP contribution in [-0.2, 0) is 10.8 Å². The number of hydrogen-bond donors (Lipinski definition) is 0. The maximum atomic E-state index is 7.08. The zero-order valence-corrected chi connectivity index (χ0v) is 39.3. The van der Waals surface area contributed by atoms with Crippen LogP contribution in [-0.4, -0.2) is 16.2 Å². The van der Waals surface area contributed by atoms with Gasteiger partial charge in [0.1, 0.15) is 35.2 Å². The van der Waals surface area contributed by atoms with Crippen LogP contribution in [0.2, 0.25) is 0 Å². The molecule has 0 fully saturated rings. The number of pyridine rings is 1. The number of rotatable bonds is 7. The second kappa shape index (κ2) is 15.8. The monoisotopic (exact) mass is 884 g/mol. The Morgan fingerprint density at radius 3 is 1.85 bits per heavy atom. The molecule has 0 saturated heterocycles. The highest BCUT2D eigenvalue weighted by atomic mass is 16.5. The van der Waals surface area contributed by atoms with E-state index in [1.165, 1.54) is 39.1 Å². The zero-order valence-electron chi connectivity index (χ0n) is 39.3. The lowest BCUT2D eigenvalue weighted by Gasteiger charge is -2.28. The summed E-state index contributed by atoms with van der Waals surface area (Å²) in [5, 5.41) is 4.33. The Kier molecular flexibility index (Phi) is 9.59. The van der Waals surface area contributed by atoms with Crippen LogP contribution in [0.5, 0.6) is 11.5 Å². The van der Waals surface area contributed by atoms with Gasteiger partial charge in [0.05, 0.1) is 33.5 Å². The first kappa shape index (κ1) is 41.3. The largest absolute Gasteiger partial charge is 0.457 e. The maximum absolute atomic E-state index is 7.08. The van der Waals surface area contributed by atoms with Crippen LogP contribution in [0, 0.1) is 0 Å². The quantitative estimate of drug-likeness (QED) is 0.160. The van der Waals surface area contributed by atoms with E-state index in [0.29, 0.717) is 6.67 Å². The van der Waals surface area contributed by atoms with E-state index >= 15 is 0 Å². The molecule has 0 N–H and O–H groups in total. The number of aromatic nitrogens is 2. The van der Waals surface area contributed by atoms with Crippen LogP contribution in [0.25, 0.3) is 71.8 Å². The molecule has 12 rings (SSSR count). The normalized spacial score (nSPS) is 13.0. The molecule has 0 spiro atoms. The van der Waals surface area contributed by atoms with Crippen molar-refractivity contribution in [2.45, 2.75) is 52.4 Å². The highest BCUT2D eigenvalue weighted by Crippen LogP contribution is 2.51. The van der Waals surface area contributed by atoms with E-state index in [9.17, 15) is 0 Å². The van der Waals surface area contributed by atoms with Crippen LogP contribution in [0.15, 0.2) is 199 Å². The zero-order chi connectivity index (χ0) is 46.3. The minimum atomic E-state index is -0.161. The number of anilines is 4. The summed E-state index contributed by atoms with van der Waals surface area (Å²) in [5.41, 5.74) is 15.2. The fraction of sp³-hybridized carbons (Fsp3) is 0.145. The molecule has 3 aromatic heterocycles. The maximum Gasteiger partial charge on any atom is 0.145 e. The van der Waals surface area contributed by atoms with Crippen LogP contribution < -0.4 is 14.5 Å². The summed E-state index contributed by atoms with van der Waals surface area (Å²) >= 11 is 0. The number of furan rings is 1. The van der Waals surface area contributed by atoms with Gasteiger partial charge in [0.25, 0.3) is 0 Å². The predicted octanol–water partition coefficient (Wildman–Crippen LogP) is 17.0. The highest BCUT2D eigenvalue weighted by Gasteiger charge is 2.32. The Balaban J connectivity index is 0.998. The average Bonchev–Trinajstić information content (AvgIpc) is 4.03. The molecule has 0 saturated carbocycles. The van der Waals surface area contributed by atoms with Gasteiger partial charge in [-0.15, -0.1) is 0 Å². The topological polar surface area (TPSA) is 46.7 Å². The van der Waals surface area contributed by atoms with Crippen molar-refractivity contribution >= 4 is 66.5 Å². The van der Waals surface area contributed by atoms with E-state index in [2.05, 4.69) is 232 Å². The average molecular weight is 885 g/mol. The van der Waals surface area contributed by atoms with Gasteiger partial charge in [-0.1, -0.05) is 151 Å². The van der Waals surface area contributed by atoms with E-state index < -0.39 is 0 Å². The van der Waals surface area contributed by atoms with Crippen molar-refractivity contribution in [3.05, 3.63) is 205 Å². The summed E-state index contributed by atoms with van der Waals surface area (Å²) in [6, 6.07) is 67.1. The lowest BCUT2D eigenvalue weighted by Crippen LogP contribution is -2.25. The van der Waals surface area contributed by atoms with Gasteiger partial charge in [-0.25, -0.2) is 4.98 Å². The van der Waals surface area contributed by atoms with Gasteiger partial charge in [0, 0.05) is 51.3 Å². The molecule has 4 heterocycles. The molecule has 1 aliphatic heterocycles. The van der Waals surface area contributed by atoms with Crippen molar-refractivity contribution in [3.8, 4) is 39.6 Å². The Bertz CT molecular complexity index is 3660. The van der Waals surface area contributed by atoms with Gasteiger partial charge >= 0.3 is 0 Å². The number of benzene rings is 8. The van der Waals surface area contributed by atoms with Crippen LogP contribution in [0.1, 0.15) is 52.7 Å². The van der Waals surface area contributed by atoms with Crippen LogP contribution in [0.4, 0.5) is 22.7 Å². The van der Waals surface area contributed by atoms with Gasteiger partial charge in [0.15, 0.2) is 0 Å². The molecular weight excluding hydrogens is 833 g/mol. The number of fused-ring (bicyclic) bond motifs is 8.